The lowest BCUT2D eigenvalue weighted by Crippen LogP contribution is -2.31. The molecule has 12 heteroatoms. The number of carbonyl (C=O) groups is 1. The van der Waals surface area contributed by atoms with E-state index in [0.29, 0.717) is 6.54 Å². The Balaban J connectivity index is 1.70. The summed E-state index contributed by atoms with van der Waals surface area (Å²) in [6.07, 6.45) is 8.47. The highest BCUT2D eigenvalue weighted by Crippen LogP contribution is 2.29. The van der Waals surface area contributed by atoms with Crippen LogP contribution < -0.4 is 16.2 Å². The Bertz CT molecular complexity index is 1020. The summed E-state index contributed by atoms with van der Waals surface area (Å²) in [5, 5.41) is 25.6. The van der Waals surface area contributed by atoms with Crippen molar-refractivity contribution in [3.63, 3.8) is 0 Å². The van der Waals surface area contributed by atoms with Gasteiger partial charge in [-0.05, 0) is 38.2 Å². The third kappa shape index (κ3) is 5.50. The first-order chi connectivity index (χ1) is 15.0. The number of hydrogen-bond donors (Lipinski definition) is 3. The van der Waals surface area contributed by atoms with E-state index in [0.717, 1.165) is 32.0 Å². The fourth-order valence-electron chi connectivity index (χ4n) is 3.25. The molecule has 0 radical (unpaired) electrons. The van der Waals surface area contributed by atoms with E-state index >= 15 is 0 Å². The number of anilines is 2. The summed E-state index contributed by atoms with van der Waals surface area (Å²) in [4.78, 5) is 41.4. The van der Waals surface area contributed by atoms with Gasteiger partial charge in [-0.3, -0.25) is 35.9 Å². The summed E-state index contributed by atoms with van der Waals surface area (Å²) in [6.45, 7) is 0.464. The fourth-order valence-corrected chi connectivity index (χ4v) is 3.25. The molecule has 1 amide bonds. The molecule has 31 heavy (non-hydrogen) atoms. The van der Waals surface area contributed by atoms with Gasteiger partial charge in [0.15, 0.2) is 0 Å². The Labute approximate surface area is 177 Å². The van der Waals surface area contributed by atoms with Crippen molar-refractivity contribution in [3.8, 4) is 0 Å². The van der Waals surface area contributed by atoms with Gasteiger partial charge in [-0.15, -0.1) is 0 Å². The number of nitro benzene ring substituents is 1. The van der Waals surface area contributed by atoms with Gasteiger partial charge in [-0.25, -0.2) is 9.97 Å². The predicted molar refractivity (Wildman–Crippen MR) is 113 cm³/mol. The molecule has 3 N–H and O–H groups in total. The van der Waals surface area contributed by atoms with Crippen molar-refractivity contribution < 1.29 is 14.6 Å². The second-order valence-corrected chi connectivity index (χ2v) is 6.81. The minimum atomic E-state index is -0.834. The lowest BCUT2D eigenvalue weighted by Gasteiger charge is -2.14. The van der Waals surface area contributed by atoms with Gasteiger partial charge in [0.1, 0.15) is 11.9 Å². The van der Waals surface area contributed by atoms with E-state index < -0.39 is 27.1 Å². The fraction of sp³-hybridized carbons (Fsp3) is 0.316. The molecule has 0 aliphatic heterocycles. The summed E-state index contributed by atoms with van der Waals surface area (Å²) in [7, 11) is 0. The molecule has 0 saturated carbocycles. The van der Waals surface area contributed by atoms with Crippen LogP contribution in [0.4, 0.5) is 23.0 Å². The Morgan fingerprint density at radius 2 is 1.84 bits per heavy atom. The van der Waals surface area contributed by atoms with E-state index in [1.165, 1.54) is 36.3 Å². The van der Waals surface area contributed by atoms with Crippen molar-refractivity contribution in [1.82, 2.24) is 15.4 Å². The number of hydrazine groups is 1. The molecule has 12 nitrogen and oxygen atoms in total. The van der Waals surface area contributed by atoms with Gasteiger partial charge in [-0.2, -0.15) is 0 Å². The van der Waals surface area contributed by atoms with Crippen LogP contribution in [0.2, 0.25) is 0 Å². The molecule has 0 fully saturated rings. The largest absolute Gasteiger partial charge is 0.364 e. The maximum atomic E-state index is 12.3. The van der Waals surface area contributed by atoms with Gasteiger partial charge in [0, 0.05) is 12.6 Å². The van der Waals surface area contributed by atoms with Crippen LogP contribution in [0.15, 0.2) is 42.2 Å². The van der Waals surface area contributed by atoms with Gasteiger partial charge in [-0.1, -0.05) is 23.8 Å². The number of allylic oxidation sites excluding steroid dienone is 1. The van der Waals surface area contributed by atoms with E-state index in [2.05, 4.69) is 32.2 Å². The van der Waals surface area contributed by atoms with Gasteiger partial charge >= 0.3 is 5.69 Å². The van der Waals surface area contributed by atoms with Crippen LogP contribution in [-0.2, 0) is 0 Å². The third-order valence-corrected chi connectivity index (χ3v) is 4.77. The normalized spacial score (nSPS) is 13.1. The molecule has 2 aromatic rings. The third-order valence-electron chi connectivity index (χ3n) is 4.77. The number of carbonyl (C=O) groups excluding carboxylic acids is 1. The van der Waals surface area contributed by atoms with Crippen LogP contribution in [0, 0.1) is 20.2 Å². The summed E-state index contributed by atoms with van der Waals surface area (Å²) < 4.78 is 0. The predicted octanol–water partition coefficient (Wildman–Crippen LogP) is 3.35. The van der Waals surface area contributed by atoms with Crippen LogP contribution in [0.1, 0.15) is 42.5 Å². The van der Waals surface area contributed by atoms with Crippen LogP contribution in [-0.4, -0.2) is 32.3 Å². The van der Waals surface area contributed by atoms with Gasteiger partial charge in [0.25, 0.3) is 11.6 Å². The van der Waals surface area contributed by atoms with Gasteiger partial charge in [0.2, 0.25) is 11.6 Å². The molecule has 1 aromatic carbocycles. The van der Waals surface area contributed by atoms with Crippen molar-refractivity contribution in [1.29, 1.82) is 0 Å². The monoisotopic (exact) mass is 427 g/mol. The zero-order chi connectivity index (χ0) is 22.2. The molecular weight excluding hydrogens is 406 g/mol. The van der Waals surface area contributed by atoms with Crippen LogP contribution in [0.3, 0.4) is 0 Å². The van der Waals surface area contributed by atoms with Crippen molar-refractivity contribution in [2.24, 2.45) is 0 Å². The maximum Gasteiger partial charge on any atom is 0.354 e. The van der Waals surface area contributed by atoms with Gasteiger partial charge < -0.3 is 5.32 Å². The first-order valence-corrected chi connectivity index (χ1v) is 9.68. The van der Waals surface area contributed by atoms with Crippen LogP contribution in [0.5, 0.6) is 0 Å². The quantitative estimate of drug-likeness (QED) is 0.309. The number of amides is 1. The topological polar surface area (TPSA) is 165 Å². The summed E-state index contributed by atoms with van der Waals surface area (Å²) in [5.74, 6) is -1.07. The Morgan fingerprint density at radius 3 is 2.55 bits per heavy atom. The van der Waals surface area contributed by atoms with Crippen molar-refractivity contribution in [2.45, 2.75) is 32.1 Å². The Kier molecular flexibility index (Phi) is 7.04. The van der Waals surface area contributed by atoms with Crippen molar-refractivity contribution in [3.05, 3.63) is 68.0 Å². The molecule has 3 rings (SSSR count). The number of rotatable bonds is 9. The first-order valence-electron chi connectivity index (χ1n) is 9.68. The maximum absolute atomic E-state index is 12.3. The molecular formula is C19H21N7O5. The molecule has 1 aliphatic rings. The number of para-hydroxylation sites is 1. The molecule has 0 atom stereocenters. The summed E-state index contributed by atoms with van der Waals surface area (Å²) in [6, 6.07) is 5.36. The Morgan fingerprint density at radius 1 is 1.06 bits per heavy atom. The molecule has 1 aliphatic carbocycles. The lowest BCUT2D eigenvalue weighted by molar-refractivity contribution is -0.385. The lowest BCUT2D eigenvalue weighted by atomic mass is 9.97. The summed E-state index contributed by atoms with van der Waals surface area (Å²) >= 11 is 0. The van der Waals surface area contributed by atoms with Crippen molar-refractivity contribution in [2.75, 3.05) is 17.3 Å². The highest BCUT2D eigenvalue weighted by molar-refractivity contribution is 5.98. The van der Waals surface area contributed by atoms with E-state index in [-0.39, 0.29) is 17.2 Å². The van der Waals surface area contributed by atoms with Gasteiger partial charge in [0.05, 0.1) is 9.85 Å². The highest BCUT2D eigenvalue weighted by atomic mass is 16.6. The zero-order valence-electron chi connectivity index (χ0n) is 16.5. The molecule has 0 bridgehead atoms. The van der Waals surface area contributed by atoms with E-state index in [1.807, 2.05) is 0 Å². The van der Waals surface area contributed by atoms with Crippen LogP contribution in [0.25, 0.3) is 0 Å². The SMILES string of the molecule is O=C(NNc1ncnc(NCCC2=CCCCC2)c1[N+](=O)[O-])c1ccccc1[N+](=O)[O-]. The number of nitrogens with one attached hydrogen (secondary N) is 3. The van der Waals surface area contributed by atoms with E-state index in [1.54, 1.807) is 0 Å². The minimum Gasteiger partial charge on any atom is -0.364 e. The van der Waals surface area contributed by atoms with Crippen molar-refractivity contribution >= 4 is 28.9 Å². The molecule has 0 unspecified atom stereocenters. The molecule has 1 aromatic heterocycles. The smallest absolute Gasteiger partial charge is 0.354 e. The standard InChI is InChI=1S/C19H21N7O5/c27-19(14-8-4-5-9-15(14)25(28)29)24-23-18-16(26(30)31)17(21-12-22-18)20-11-10-13-6-2-1-3-7-13/h4-6,8-9,12H,1-3,7,10-11H2,(H,24,27)(H2,20,21,22,23). The molecule has 0 spiro atoms. The number of nitro groups is 2. The molecule has 162 valence electrons. The van der Waals surface area contributed by atoms with E-state index in [9.17, 15) is 25.0 Å². The van der Waals surface area contributed by atoms with Crippen LogP contribution >= 0.6 is 0 Å². The Hall–Kier alpha value is -4.09. The summed E-state index contributed by atoms with van der Waals surface area (Å²) in [5.41, 5.74) is 4.87. The first kappa shape index (κ1) is 21.6. The zero-order valence-corrected chi connectivity index (χ0v) is 16.5. The second kappa shape index (κ2) is 10.1. The molecule has 0 saturated heterocycles. The minimum absolute atomic E-state index is 0.0128. The number of nitrogens with zero attached hydrogens (tertiary/aromatic N) is 4. The number of benzene rings is 1. The number of aromatic nitrogens is 2. The van der Waals surface area contributed by atoms with E-state index in [4.69, 9.17) is 0 Å². The molecule has 1 heterocycles. The highest BCUT2D eigenvalue weighted by Gasteiger charge is 2.25. The second-order valence-electron chi connectivity index (χ2n) is 6.81. The average molecular weight is 427 g/mol. The average Bonchev–Trinajstić information content (AvgIpc) is 2.78. The number of hydrogen-bond acceptors (Lipinski definition) is 9.